The van der Waals surface area contributed by atoms with Crippen molar-refractivity contribution in [2.75, 3.05) is 0 Å². The molecule has 5 nitrogen and oxygen atoms in total. The van der Waals surface area contributed by atoms with Gasteiger partial charge in [0.15, 0.2) is 0 Å². The average molecular weight is 789 g/mol. The highest BCUT2D eigenvalue weighted by Gasteiger charge is 2.19. The largest absolute Gasteiger partial charge is 0.458 e. The van der Waals surface area contributed by atoms with Gasteiger partial charge in [0.25, 0.3) is 6.33 Å². The maximum Gasteiger partial charge on any atom is 0.268 e. The first kappa shape index (κ1) is 25.8. The number of nitrogens with zero attached hydrogens (tertiary/aromatic N) is 4. The van der Waals surface area contributed by atoms with Crippen molar-refractivity contribution in [3.8, 4) is 62.1 Å². The lowest BCUT2D eigenvalue weighted by molar-refractivity contribution is -0.598. The number of benzene rings is 7. The van der Waals surface area contributed by atoms with Crippen molar-refractivity contribution in [1.82, 2.24) is 14.1 Å². The van der Waals surface area contributed by atoms with E-state index in [9.17, 15) is 0 Å². The third-order valence-electron chi connectivity index (χ3n) is 10.1. The van der Waals surface area contributed by atoms with Gasteiger partial charge < -0.3 is 4.74 Å². The Balaban J connectivity index is 1.08. The van der Waals surface area contributed by atoms with Crippen molar-refractivity contribution in [2.24, 2.45) is 5.41 Å². The normalized spacial score (nSPS) is 14.7. The summed E-state index contributed by atoms with van der Waals surface area (Å²) >= 11 is 0. The van der Waals surface area contributed by atoms with Gasteiger partial charge in [0.1, 0.15) is 17.3 Å². The molecule has 0 saturated carbocycles. The fourth-order valence-corrected chi connectivity index (χ4v) is 7.57. The molecule has 10 rings (SSSR count). The quantitative estimate of drug-likeness (QED) is 0.108. The van der Waals surface area contributed by atoms with Crippen LogP contribution in [0.25, 0.3) is 72.4 Å². The Bertz CT molecular complexity index is 3680. The monoisotopic (exact) mass is 788 g/mol. The van der Waals surface area contributed by atoms with Crippen LogP contribution in [-0.4, -0.2) is 14.1 Å². The van der Waals surface area contributed by atoms with Gasteiger partial charge >= 0.3 is 0 Å². The Hall–Kier alpha value is -7.50. The molecular formula is C55H44N4O. The van der Waals surface area contributed by atoms with E-state index < -0.39 is 72.2 Å². The van der Waals surface area contributed by atoms with E-state index in [0.29, 0.717) is 28.6 Å². The zero-order valence-electron chi connectivity index (χ0n) is 45.0. The summed E-state index contributed by atoms with van der Waals surface area (Å²) in [6.07, 6.45) is 6.53. The Morgan fingerprint density at radius 1 is 0.650 bits per heavy atom. The van der Waals surface area contributed by atoms with E-state index in [-0.39, 0.29) is 27.9 Å². The Kier molecular flexibility index (Phi) is 6.59. The molecular weight excluding hydrogens is 733 g/mol. The van der Waals surface area contributed by atoms with E-state index in [4.69, 9.17) is 26.2 Å². The Labute approximate surface area is 367 Å². The van der Waals surface area contributed by atoms with Crippen molar-refractivity contribution >= 4 is 21.8 Å². The average Bonchev–Trinajstić information content (AvgIpc) is 3.99. The van der Waals surface area contributed by atoms with E-state index in [0.717, 1.165) is 32.9 Å². The molecule has 0 fully saturated rings. The number of ether oxygens (including phenoxy) is 1. The number of pyridine rings is 1. The summed E-state index contributed by atoms with van der Waals surface area (Å²) in [5.41, 5.74) is 4.34. The fraction of sp³-hybridized carbons (Fsp3) is 0.0909. The lowest BCUT2D eigenvalue weighted by Crippen LogP contribution is -2.30. The van der Waals surface area contributed by atoms with Crippen molar-refractivity contribution in [3.05, 3.63) is 212 Å². The van der Waals surface area contributed by atoms with Crippen LogP contribution in [0.5, 0.6) is 11.5 Å². The standard InChI is InChI=1S/C55H44N4O/c1-55(2,3)37-39-29-30-56-53(33-39)59-51-28-25-43(40-15-7-4-8-16-40)34-50(51)49-27-26-46(36-52(49)59)60-45-22-13-21-44(35-45)57-31-32-58(38-57)54-47(41-17-9-5-10-18-41)23-14-24-48(54)42-19-11-6-12-20-42/h4-36H,37H2,1-3H3/i5D,6D,9D,10D,11D,12D,17D,18D,19D,20D,37D2. The zero-order chi connectivity index (χ0) is 51.1. The highest BCUT2D eigenvalue weighted by molar-refractivity contribution is 6.10. The molecule has 0 radical (unpaired) electrons. The number of aromatic nitrogens is 4. The predicted molar refractivity (Wildman–Crippen MR) is 244 cm³/mol. The topological polar surface area (TPSA) is 35.9 Å². The zero-order valence-corrected chi connectivity index (χ0v) is 33.0. The third kappa shape index (κ3) is 7.27. The first-order chi connectivity index (χ1) is 34.3. The molecule has 0 aliphatic heterocycles. The highest BCUT2D eigenvalue weighted by Crippen LogP contribution is 2.38. The molecule has 5 heteroatoms. The van der Waals surface area contributed by atoms with Gasteiger partial charge in [-0.15, -0.1) is 0 Å². The van der Waals surface area contributed by atoms with Gasteiger partial charge in [0.05, 0.1) is 36.1 Å². The Morgan fingerprint density at radius 2 is 1.37 bits per heavy atom. The van der Waals surface area contributed by atoms with E-state index in [1.54, 1.807) is 65.6 Å². The smallest absolute Gasteiger partial charge is 0.268 e. The minimum atomic E-state index is -1.67. The van der Waals surface area contributed by atoms with Crippen LogP contribution in [0.15, 0.2) is 200 Å². The molecule has 0 amide bonds. The van der Waals surface area contributed by atoms with Gasteiger partial charge in [-0.25, -0.2) is 4.98 Å². The molecule has 0 saturated heterocycles. The molecule has 0 bridgehead atoms. The molecule has 0 aliphatic carbocycles. The lowest BCUT2D eigenvalue weighted by Gasteiger charge is -2.18. The molecule has 3 heterocycles. The maximum absolute atomic E-state index is 9.08. The van der Waals surface area contributed by atoms with Gasteiger partial charge in [-0.2, -0.15) is 0 Å². The molecule has 10 aromatic rings. The number of rotatable bonds is 9. The van der Waals surface area contributed by atoms with E-state index >= 15 is 0 Å². The van der Waals surface area contributed by atoms with Crippen LogP contribution in [0.1, 0.15) is 42.8 Å². The summed E-state index contributed by atoms with van der Waals surface area (Å²) in [4.78, 5) is 4.79. The van der Waals surface area contributed by atoms with Crippen LogP contribution in [0.2, 0.25) is 0 Å². The number of hydrogen-bond donors (Lipinski definition) is 0. The van der Waals surface area contributed by atoms with Crippen LogP contribution < -0.4 is 9.30 Å². The molecule has 60 heavy (non-hydrogen) atoms. The summed E-state index contributed by atoms with van der Waals surface area (Å²) in [6.45, 7) is 5.63. The second-order valence-corrected chi connectivity index (χ2v) is 15.3. The van der Waals surface area contributed by atoms with Crippen molar-refractivity contribution in [2.45, 2.75) is 27.1 Å². The van der Waals surface area contributed by atoms with E-state index in [1.165, 1.54) is 4.57 Å². The number of para-hydroxylation sites is 1. The van der Waals surface area contributed by atoms with Gasteiger partial charge in [-0.1, -0.05) is 142 Å². The molecule has 290 valence electrons. The minimum Gasteiger partial charge on any atom is -0.458 e. The van der Waals surface area contributed by atoms with Gasteiger partial charge in [-0.3, -0.25) is 13.7 Å². The van der Waals surface area contributed by atoms with Crippen molar-refractivity contribution in [3.63, 3.8) is 0 Å². The number of fused-ring (bicyclic) bond motifs is 3. The van der Waals surface area contributed by atoms with E-state index in [2.05, 4.69) is 36.7 Å². The molecule has 0 N–H and O–H groups in total. The van der Waals surface area contributed by atoms with Crippen LogP contribution >= 0.6 is 0 Å². The van der Waals surface area contributed by atoms with Crippen LogP contribution in [0, 0.1) is 11.7 Å². The van der Waals surface area contributed by atoms with Crippen LogP contribution in [0.4, 0.5) is 0 Å². The van der Waals surface area contributed by atoms with Crippen LogP contribution in [0.3, 0.4) is 0 Å². The minimum absolute atomic E-state index is 0.142. The molecule has 0 unspecified atom stereocenters. The first-order valence-corrected chi connectivity index (χ1v) is 19.5. The predicted octanol–water partition coefficient (Wildman–Crippen LogP) is 13.4. The SMILES string of the molecule is [2H]c1c([2H])c([2H])c(-c2cccc(-c3c([2H])c([2H])c([2H])c([2H])c3[2H])c2-[n+]2[c-]n(-c3cccc(Oc4ccc5c6cc(-c7ccccc7)ccc6n(-c6cc(C([2H])([2H])C(C)(C)C)ccn6)c5c4)c3)cc2)c([2H])c1[2H]. The Morgan fingerprint density at radius 3 is 2.10 bits per heavy atom. The number of hydrogen-bond acceptors (Lipinski definition) is 2. The summed E-state index contributed by atoms with van der Waals surface area (Å²) < 4.78 is 116. The third-order valence-corrected chi connectivity index (χ3v) is 10.1. The van der Waals surface area contributed by atoms with Crippen molar-refractivity contribution in [1.29, 1.82) is 0 Å². The first-order valence-electron chi connectivity index (χ1n) is 25.5. The second-order valence-electron chi connectivity index (χ2n) is 15.3. The fourth-order valence-electron chi connectivity index (χ4n) is 7.57. The molecule has 7 aromatic carbocycles. The highest BCUT2D eigenvalue weighted by atomic mass is 16.5. The molecule has 0 spiro atoms. The summed E-state index contributed by atoms with van der Waals surface area (Å²) in [6, 6.07) is 32.4. The summed E-state index contributed by atoms with van der Waals surface area (Å²) in [5.74, 6) is 1.52. The molecule has 0 aliphatic rings. The van der Waals surface area contributed by atoms with Gasteiger partial charge in [-0.05, 0) is 105 Å². The summed E-state index contributed by atoms with van der Waals surface area (Å²) in [7, 11) is 0. The van der Waals surface area contributed by atoms with Crippen LogP contribution in [-0.2, 0) is 6.37 Å². The molecule has 3 aromatic heterocycles. The van der Waals surface area contributed by atoms with E-state index in [1.807, 2.05) is 73.9 Å². The second kappa shape index (κ2) is 15.3. The molecule has 0 atom stereocenters. The van der Waals surface area contributed by atoms with Gasteiger partial charge in [0.2, 0.25) is 0 Å². The lowest BCUT2D eigenvalue weighted by atomic mass is 9.88. The summed E-state index contributed by atoms with van der Waals surface area (Å²) in [5, 5.41) is 1.92. The van der Waals surface area contributed by atoms with Gasteiger partial charge in [0, 0.05) is 38.2 Å². The number of imidazole rings is 1. The maximum atomic E-state index is 9.08. The van der Waals surface area contributed by atoms with Crippen molar-refractivity contribution < 1.29 is 25.8 Å².